The van der Waals surface area contributed by atoms with Crippen LogP contribution in [0.3, 0.4) is 0 Å². The Morgan fingerprint density at radius 3 is 2.34 bits per heavy atom. The zero-order chi connectivity index (χ0) is 23.3. The smallest absolute Gasteiger partial charge is 0.308 e. The summed E-state index contributed by atoms with van der Waals surface area (Å²) in [5.41, 5.74) is 1.12. The Morgan fingerprint density at radius 2 is 1.72 bits per heavy atom. The number of fused-ring (bicyclic) bond motifs is 1. The fourth-order valence-corrected chi connectivity index (χ4v) is 3.21. The number of amides is 2. The molecule has 1 aliphatic heterocycles. The van der Waals surface area contributed by atoms with E-state index < -0.39 is 24.5 Å². The van der Waals surface area contributed by atoms with E-state index in [1.165, 1.54) is 26.0 Å². The molecule has 2 N–H and O–H groups in total. The van der Waals surface area contributed by atoms with E-state index in [4.69, 9.17) is 25.8 Å². The SMILES string of the molecule is CC(=O)NC(CC(=O)OCC(=O)Nc1cc2c(cc1C(C)=O)OCO2)c1ccc(Cl)cc1. The van der Waals surface area contributed by atoms with Crippen LogP contribution in [0.1, 0.15) is 42.2 Å². The molecule has 1 atom stereocenters. The second-order valence-corrected chi connectivity index (χ2v) is 7.46. The molecule has 10 heteroatoms. The summed E-state index contributed by atoms with van der Waals surface area (Å²) >= 11 is 5.88. The second kappa shape index (κ2) is 10.1. The van der Waals surface area contributed by atoms with E-state index >= 15 is 0 Å². The van der Waals surface area contributed by atoms with Crippen molar-refractivity contribution in [1.82, 2.24) is 5.32 Å². The largest absolute Gasteiger partial charge is 0.455 e. The number of rotatable bonds is 8. The van der Waals surface area contributed by atoms with Crippen LogP contribution in [-0.4, -0.2) is 37.0 Å². The summed E-state index contributed by atoms with van der Waals surface area (Å²) in [5, 5.41) is 5.73. The summed E-state index contributed by atoms with van der Waals surface area (Å²) in [6.07, 6.45) is -0.183. The van der Waals surface area contributed by atoms with Crippen molar-refractivity contribution >= 4 is 40.9 Å². The summed E-state index contributed by atoms with van der Waals surface area (Å²) < 4.78 is 15.6. The van der Waals surface area contributed by atoms with Crippen LogP contribution in [-0.2, 0) is 19.1 Å². The van der Waals surface area contributed by atoms with Gasteiger partial charge in [0.1, 0.15) is 0 Å². The number of benzene rings is 2. The number of esters is 1. The minimum atomic E-state index is -0.689. The number of anilines is 1. The van der Waals surface area contributed by atoms with E-state index in [0.717, 1.165) is 0 Å². The number of Topliss-reactive ketones (excluding diaryl/α,β-unsaturated/α-hetero) is 1. The molecule has 1 aliphatic rings. The maximum Gasteiger partial charge on any atom is 0.308 e. The standard InChI is InChI=1S/C22H21ClN2O7/c1-12(26)16-7-19-20(32-11-31-19)8-18(16)25-21(28)10-30-22(29)9-17(24-13(2)27)14-3-5-15(23)6-4-14/h3-8,17H,9-11H2,1-2H3,(H,24,27)(H,25,28). The summed E-state index contributed by atoms with van der Waals surface area (Å²) in [6.45, 7) is 2.13. The van der Waals surface area contributed by atoms with Gasteiger partial charge in [0.05, 0.1) is 18.2 Å². The Hall–Kier alpha value is -3.59. The highest BCUT2D eigenvalue weighted by Crippen LogP contribution is 2.37. The normalized spacial score (nSPS) is 12.6. The monoisotopic (exact) mass is 460 g/mol. The van der Waals surface area contributed by atoms with Crippen LogP contribution in [0.4, 0.5) is 5.69 Å². The lowest BCUT2D eigenvalue weighted by Crippen LogP contribution is -2.29. The third kappa shape index (κ3) is 5.98. The Bertz CT molecular complexity index is 1050. The number of ether oxygens (including phenoxy) is 3. The molecule has 0 radical (unpaired) electrons. The lowest BCUT2D eigenvalue weighted by atomic mass is 10.0. The van der Waals surface area contributed by atoms with Gasteiger partial charge in [0.2, 0.25) is 12.7 Å². The first kappa shape index (κ1) is 23.1. The molecular weight excluding hydrogens is 440 g/mol. The van der Waals surface area contributed by atoms with Crippen LogP contribution in [0, 0.1) is 0 Å². The highest BCUT2D eigenvalue weighted by Gasteiger charge is 2.22. The topological polar surface area (TPSA) is 120 Å². The number of ketones is 1. The van der Waals surface area contributed by atoms with Crippen molar-refractivity contribution in [2.24, 2.45) is 0 Å². The van der Waals surface area contributed by atoms with E-state index in [-0.39, 0.29) is 36.2 Å². The van der Waals surface area contributed by atoms with Crippen molar-refractivity contribution in [2.75, 3.05) is 18.7 Å². The van der Waals surface area contributed by atoms with Crippen molar-refractivity contribution < 1.29 is 33.4 Å². The van der Waals surface area contributed by atoms with Crippen LogP contribution in [0.15, 0.2) is 36.4 Å². The molecule has 0 aliphatic carbocycles. The molecule has 9 nitrogen and oxygen atoms in total. The van der Waals surface area contributed by atoms with Crippen LogP contribution in [0.5, 0.6) is 11.5 Å². The molecule has 0 aromatic heterocycles. The number of carbonyl (C=O) groups is 4. The van der Waals surface area contributed by atoms with Gasteiger partial charge < -0.3 is 24.8 Å². The predicted octanol–water partition coefficient (Wildman–Crippen LogP) is 3.02. The Kier molecular flexibility index (Phi) is 7.32. The van der Waals surface area contributed by atoms with Gasteiger partial charge in [-0.2, -0.15) is 0 Å². The molecule has 32 heavy (non-hydrogen) atoms. The third-order valence-electron chi connectivity index (χ3n) is 4.55. The van der Waals surface area contributed by atoms with E-state index in [0.29, 0.717) is 22.1 Å². The Morgan fingerprint density at radius 1 is 1.06 bits per heavy atom. The first-order valence-corrected chi connectivity index (χ1v) is 10.0. The average molecular weight is 461 g/mol. The summed E-state index contributed by atoms with van der Waals surface area (Å²) in [6, 6.07) is 8.98. The van der Waals surface area contributed by atoms with Crippen molar-refractivity contribution in [3.63, 3.8) is 0 Å². The molecule has 0 saturated carbocycles. The van der Waals surface area contributed by atoms with Crippen molar-refractivity contribution in [3.05, 3.63) is 52.5 Å². The fourth-order valence-electron chi connectivity index (χ4n) is 3.09. The van der Waals surface area contributed by atoms with Gasteiger partial charge in [-0.3, -0.25) is 19.2 Å². The highest BCUT2D eigenvalue weighted by atomic mass is 35.5. The lowest BCUT2D eigenvalue weighted by Gasteiger charge is -2.18. The molecule has 2 aromatic carbocycles. The minimum Gasteiger partial charge on any atom is -0.455 e. The van der Waals surface area contributed by atoms with Crippen LogP contribution in [0.2, 0.25) is 5.02 Å². The van der Waals surface area contributed by atoms with E-state index in [1.807, 2.05) is 0 Å². The molecule has 0 saturated heterocycles. The summed E-state index contributed by atoms with van der Waals surface area (Å²) in [4.78, 5) is 48.0. The van der Waals surface area contributed by atoms with Gasteiger partial charge in [0.15, 0.2) is 23.9 Å². The van der Waals surface area contributed by atoms with Gasteiger partial charge >= 0.3 is 5.97 Å². The molecule has 0 bridgehead atoms. The molecule has 2 amide bonds. The number of halogens is 1. The molecule has 0 fully saturated rings. The summed E-state index contributed by atoms with van der Waals surface area (Å²) in [7, 11) is 0. The highest BCUT2D eigenvalue weighted by molar-refractivity contribution is 6.30. The first-order chi connectivity index (χ1) is 15.2. The molecule has 1 unspecified atom stereocenters. The van der Waals surface area contributed by atoms with E-state index in [1.54, 1.807) is 24.3 Å². The number of nitrogens with one attached hydrogen (secondary N) is 2. The molecule has 1 heterocycles. The van der Waals surface area contributed by atoms with Gasteiger partial charge in [-0.05, 0) is 30.7 Å². The maximum absolute atomic E-state index is 12.3. The van der Waals surface area contributed by atoms with Gasteiger partial charge in [0.25, 0.3) is 5.91 Å². The number of hydrogen-bond donors (Lipinski definition) is 2. The zero-order valence-electron chi connectivity index (χ0n) is 17.4. The van der Waals surface area contributed by atoms with Crippen molar-refractivity contribution in [2.45, 2.75) is 26.3 Å². The van der Waals surface area contributed by atoms with Gasteiger partial charge in [-0.25, -0.2) is 0 Å². The van der Waals surface area contributed by atoms with Gasteiger partial charge in [0, 0.05) is 23.6 Å². The van der Waals surface area contributed by atoms with Crippen LogP contribution >= 0.6 is 11.6 Å². The number of carbonyl (C=O) groups excluding carboxylic acids is 4. The molecule has 0 spiro atoms. The lowest BCUT2D eigenvalue weighted by molar-refractivity contribution is -0.148. The van der Waals surface area contributed by atoms with Crippen LogP contribution < -0.4 is 20.1 Å². The van der Waals surface area contributed by atoms with Gasteiger partial charge in [-0.1, -0.05) is 23.7 Å². The van der Waals surface area contributed by atoms with Crippen molar-refractivity contribution in [3.8, 4) is 11.5 Å². The summed E-state index contributed by atoms with van der Waals surface area (Å²) in [5.74, 6) is -1.13. The maximum atomic E-state index is 12.3. The van der Waals surface area contributed by atoms with Crippen molar-refractivity contribution in [1.29, 1.82) is 0 Å². The molecule has 3 rings (SSSR count). The zero-order valence-corrected chi connectivity index (χ0v) is 18.2. The second-order valence-electron chi connectivity index (χ2n) is 7.02. The first-order valence-electron chi connectivity index (χ1n) is 9.65. The average Bonchev–Trinajstić information content (AvgIpc) is 3.19. The molecular formula is C22H21ClN2O7. The molecule has 168 valence electrons. The van der Waals surface area contributed by atoms with E-state index in [2.05, 4.69) is 10.6 Å². The molecule has 2 aromatic rings. The van der Waals surface area contributed by atoms with E-state index in [9.17, 15) is 19.2 Å². The van der Waals surface area contributed by atoms with Gasteiger partial charge in [-0.15, -0.1) is 0 Å². The van der Waals surface area contributed by atoms with Crippen LogP contribution in [0.25, 0.3) is 0 Å². The fraction of sp³-hybridized carbons (Fsp3) is 0.273. The number of hydrogen-bond acceptors (Lipinski definition) is 7. The third-order valence-corrected chi connectivity index (χ3v) is 4.80. The Balaban J connectivity index is 1.60. The minimum absolute atomic E-state index is 0.0186. The predicted molar refractivity (Wildman–Crippen MR) is 115 cm³/mol. The Labute approximate surface area is 189 Å². The quantitative estimate of drug-likeness (QED) is 0.459.